The molecule has 1 atom stereocenters. The largest absolute Gasteiger partial charge is 0.375 e. The van der Waals surface area contributed by atoms with E-state index in [9.17, 15) is 0 Å². The zero-order valence-electron chi connectivity index (χ0n) is 11.1. The van der Waals surface area contributed by atoms with E-state index in [0.717, 1.165) is 18.7 Å². The minimum absolute atomic E-state index is 0.278. The van der Waals surface area contributed by atoms with Gasteiger partial charge in [0.1, 0.15) is 0 Å². The molecule has 2 aromatic rings. The third-order valence-corrected chi connectivity index (χ3v) is 3.84. The predicted molar refractivity (Wildman–Crippen MR) is 86.2 cm³/mol. The SMILES string of the molecule is NC(=S)N1CCC(c2ccccc2)N1c1ccccc1. The lowest BCUT2D eigenvalue weighted by Crippen LogP contribution is -2.45. The fourth-order valence-corrected chi connectivity index (χ4v) is 2.92. The first-order valence-corrected chi connectivity index (χ1v) is 7.14. The Morgan fingerprint density at radius 2 is 1.60 bits per heavy atom. The number of nitrogens with zero attached hydrogens (tertiary/aromatic N) is 2. The number of hydrogen-bond donors (Lipinski definition) is 1. The van der Waals surface area contributed by atoms with Gasteiger partial charge in [-0.3, -0.25) is 10.0 Å². The van der Waals surface area contributed by atoms with E-state index in [2.05, 4.69) is 41.4 Å². The van der Waals surface area contributed by atoms with Crippen LogP contribution in [0.15, 0.2) is 60.7 Å². The number of hydrazine groups is 1. The van der Waals surface area contributed by atoms with Crippen molar-refractivity contribution in [3.63, 3.8) is 0 Å². The van der Waals surface area contributed by atoms with Crippen LogP contribution in [0, 0.1) is 0 Å². The fraction of sp³-hybridized carbons (Fsp3) is 0.188. The van der Waals surface area contributed by atoms with Gasteiger partial charge in [0.2, 0.25) is 0 Å². The van der Waals surface area contributed by atoms with E-state index in [1.165, 1.54) is 5.56 Å². The van der Waals surface area contributed by atoms with Crippen LogP contribution in [0.5, 0.6) is 0 Å². The number of benzene rings is 2. The van der Waals surface area contributed by atoms with Crippen molar-refractivity contribution in [3.8, 4) is 0 Å². The fourth-order valence-electron chi connectivity index (χ4n) is 2.74. The van der Waals surface area contributed by atoms with Crippen molar-refractivity contribution in [3.05, 3.63) is 66.2 Å². The highest BCUT2D eigenvalue weighted by atomic mass is 32.1. The molecule has 1 fully saturated rings. The Labute approximate surface area is 124 Å². The first kappa shape index (κ1) is 12.9. The zero-order chi connectivity index (χ0) is 13.9. The quantitative estimate of drug-likeness (QED) is 0.859. The number of rotatable bonds is 2. The van der Waals surface area contributed by atoms with Crippen molar-refractivity contribution in [1.82, 2.24) is 5.01 Å². The van der Waals surface area contributed by atoms with Gasteiger partial charge in [-0.1, -0.05) is 48.5 Å². The Morgan fingerprint density at radius 3 is 2.20 bits per heavy atom. The van der Waals surface area contributed by atoms with E-state index in [4.69, 9.17) is 18.0 Å². The molecule has 0 aromatic heterocycles. The van der Waals surface area contributed by atoms with E-state index in [-0.39, 0.29) is 6.04 Å². The van der Waals surface area contributed by atoms with Crippen LogP contribution in [0.1, 0.15) is 18.0 Å². The molecule has 2 N–H and O–H groups in total. The maximum Gasteiger partial charge on any atom is 0.185 e. The van der Waals surface area contributed by atoms with E-state index < -0.39 is 0 Å². The van der Waals surface area contributed by atoms with Gasteiger partial charge in [-0.25, -0.2) is 0 Å². The van der Waals surface area contributed by atoms with Crippen molar-refractivity contribution in [1.29, 1.82) is 0 Å². The van der Waals surface area contributed by atoms with Crippen LogP contribution in [0.3, 0.4) is 0 Å². The normalized spacial score (nSPS) is 18.3. The molecule has 0 bridgehead atoms. The van der Waals surface area contributed by atoms with E-state index in [0.29, 0.717) is 5.11 Å². The summed E-state index contributed by atoms with van der Waals surface area (Å²) in [7, 11) is 0. The van der Waals surface area contributed by atoms with Crippen LogP contribution in [-0.4, -0.2) is 16.7 Å². The smallest absolute Gasteiger partial charge is 0.185 e. The van der Waals surface area contributed by atoms with E-state index >= 15 is 0 Å². The van der Waals surface area contributed by atoms with Gasteiger partial charge < -0.3 is 5.73 Å². The van der Waals surface area contributed by atoms with Gasteiger partial charge in [-0.05, 0) is 36.3 Å². The summed E-state index contributed by atoms with van der Waals surface area (Å²) in [6.07, 6.45) is 1.01. The third kappa shape index (κ3) is 2.34. The first-order valence-electron chi connectivity index (χ1n) is 6.73. The molecule has 0 aliphatic carbocycles. The molecular weight excluding hydrogens is 266 g/mol. The molecule has 20 heavy (non-hydrogen) atoms. The molecule has 3 rings (SSSR count). The lowest BCUT2D eigenvalue weighted by Gasteiger charge is -2.34. The molecule has 0 spiro atoms. The van der Waals surface area contributed by atoms with Crippen LogP contribution >= 0.6 is 12.2 Å². The lowest BCUT2D eigenvalue weighted by molar-refractivity contribution is 0.461. The van der Waals surface area contributed by atoms with E-state index in [1.807, 2.05) is 29.3 Å². The monoisotopic (exact) mass is 283 g/mol. The van der Waals surface area contributed by atoms with Crippen molar-refractivity contribution in [2.24, 2.45) is 5.73 Å². The van der Waals surface area contributed by atoms with Crippen molar-refractivity contribution in [2.45, 2.75) is 12.5 Å². The molecule has 4 heteroatoms. The van der Waals surface area contributed by atoms with Gasteiger partial charge in [0, 0.05) is 6.54 Å². The second kappa shape index (κ2) is 5.51. The highest BCUT2D eigenvalue weighted by Gasteiger charge is 2.33. The molecule has 2 aromatic carbocycles. The summed E-state index contributed by atoms with van der Waals surface area (Å²) in [5, 5.41) is 4.62. The first-order chi connectivity index (χ1) is 9.77. The van der Waals surface area contributed by atoms with Gasteiger partial charge in [-0.2, -0.15) is 0 Å². The highest BCUT2D eigenvalue weighted by molar-refractivity contribution is 7.80. The van der Waals surface area contributed by atoms with Crippen molar-refractivity contribution < 1.29 is 0 Å². The molecule has 1 aliphatic rings. The third-order valence-electron chi connectivity index (χ3n) is 3.63. The maximum absolute atomic E-state index is 5.88. The summed E-state index contributed by atoms with van der Waals surface area (Å²) in [5.41, 5.74) is 8.29. The van der Waals surface area contributed by atoms with Crippen LogP contribution in [0.25, 0.3) is 0 Å². The van der Waals surface area contributed by atoms with Crippen LogP contribution in [-0.2, 0) is 0 Å². The molecule has 102 valence electrons. The van der Waals surface area contributed by atoms with Crippen LogP contribution in [0.2, 0.25) is 0 Å². The molecule has 0 saturated carbocycles. The number of anilines is 1. The minimum Gasteiger partial charge on any atom is -0.375 e. The van der Waals surface area contributed by atoms with Crippen LogP contribution in [0.4, 0.5) is 5.69 Å². The summed E-state index contributed by atoms with van der Waals surface area (Å²) in [6, 6.07) is 21.0. The number of thiocarbonyl (C=S) groups is 1. The Bertz CT molecular complexity index is 585. The second-order valence-electron chi connectivity index (χ2n) is 4.86. The maximum atomic E-state index is 5.88. The van der Waals surface area contributed by atoms with Gasteiger partial charge in [0.05, 0.1) is 11.7 Å². The zero-order valence-corrected chi connectivity index (χ0v) is 12.0. The highest BCUT2D eigenvalue weighted by Crippen LogP contribution is 2.36. The Balaban J connectivity index is 2.00. The number of hydrogen-bond acceptors (Lipinski definition) is 2. The van der Waals surface area contributed by atoms with Gasteiger partial charge in [-0.15, -0.1) is 0 Å². The summed E-state index contributed by atoms with van der Waals surface area (Å²) in [4.78, 5) is 0. The molecule has 0 radical (unpaired) electrons. The summed E-state index contributed by atoms with van der Waals surface area (Å²) in [5.74, 6) is 0. The summed E-state index contributed by atoms with van der Waals surface area (Å²) >= 11 is 5.20. The number of nitrogens with two attached hydrogens (primary N) is 1. The van der Waals surface area contributed by atoms with Gasteiger partial charge in [0.25, 0.3) is 0 Å². The average Bonchev–Trinajstić information content (AvgIpc) is 2.94. The van der Waals surface area contributed by atoms with Crippen molar-refractivity contribution >= 4 is 23.0 Å². The van der Waals surface area contributed by atoms with Crippen molar-refractivity contribution in [2.75, 3.05) is 11.6 Å². The van der Waals surface area contributed by atoms with Crippen LogP contribution < -0.4 is 10.7 Å². The molecular formula is C16H17N3S. The number of para-hydroxylation sites is 1. The topological polar surface area (TPSA) is 32.5 Å². The Morgan fingerprint density at radius 1 is 1.00 bits per heavy atom. The Kier molecular flexibility index (Phi) is 3.56. The second-order valence-corrected chi connectivity index (χ2v) is 5.27. The standard InChI is InChI=1S/C16H17N3S/c17-16(20)18-12-11-15(13-7-3-1-4-8-13)19(18)14-9-5-2-6-10-14/h1-10,15H,11-12H2,(H2,17,20). The molecule has 1 saturated heterocycles. The average molecular weight is 283 g/mol. The summed E-state index contributed by atoms with van der Waals surface area (Å²) < 4.78 is 0. The van der Waals surface area contributed by atoms with E-state index in [1.54, 1.807) is 0 Å². The van der Waals surface area contributed by atoms with Gasteiger partial charge >= 0.3 is 0 Å². The Hall–Kier alpha value is -2.07. The van der Waals surface area contributed by atoms with Gasteiger partial charge in [0.15, 0.2) is 5.11 Å². The predicted octanol–water partition coefficient (Wildman–Crippen LogP) is 3.10. The minimum atomic E-state index is 0.278. The summed E-state index contributed by atoms with van der Waals surface area (Å²) in [6.45, 7) is 0.851. The molecule has 1 unspecified atom stereocenters. The molecule has 1 aliphatic heterocycles. The lowest BCUT2D eigenvalue weighted by atomic mass is 10.0. The molecule has 0 amide bonds. The molecule has 1 heterocycles. The molecule has 3 nitrogen and oxygen atoms in total.